The lowest BCUT2D eigenvalue weighted by Gasteiger charge is -2.08. The minimum Gasteiger partial charge on any atom is -0.392 e. The average molecular weight is 252 g/mol. The Morgan fingerprint density at radius 1 is 1.00 bits per heavy atom. The Morgan fingerprint density at radius 2 is 1.67 bits per heavy atom. The van der Waals surface area contributed by atoms with Crippen molar-refractivity contribution in [2.24, 2.45) is 0 Å². The summed E-state index contributed by atoms with van der Waals surface area (Å²) < 4.78 is 39.0. The minimum absolute atomic E-state index is 0.111. The number of aliphatic hydroxyl groups excluding tert-OH is 1. The van der Waals surface area contributed by atoms with E-state index in [1.807, 2.05) is 0 Å². The van der Waals surface area contributed by atoms with E-state index in [1.165, 1.54) is 12.1 Å². The SMILES string of the molecule is OCc1ccc(-c2cccc(C(F)F)c2F)cc1. The van der Waals surface area contributed by atoms with Gasteiger partial charge in [-0.2, -0.15) is 0 Å². The number of rotatable bonds is 3. The van der Waals surface area contributed by atoms with Crippen LogP contribution in [0.3, 0.4) is 0 Å². The lowest BCUT2D eigenvalue weighted by molar-refractivity contribution is 0.146. The predicted octanol–water partition coefficient (Wildman–Crippen LogP) is 3.92. The molecule has 0 aliphatic heterocycles. The van der Waals surface area contributed by atoms with Gasteiger partial charge in [0.15, 0.2) is 0 Å². The lowest BCUT2D eigenvalue weighted by Crippen LogP contribution is -1.94. The van der Waals surface area contributed by atoms with Crippen molar-refractivity contribution in [2.45, 2.75) is 13.0 Å². The van der Waals surface area contributed by atoms with Crippen LogP contribution in [0.15, 0.2) is 42.5 Å². The second kappa shape index (κ2) is 5.23. The van der Waals surface area contributed by atoms with Gasteiger partial charge in [-0.25, -0.2) is 13.2 Å². The highest BCUT2D eigenvalue weighted by molar-refractivity contribution is 5.65. The fraction of sp³-hybridized carbons (Fsp3) is 0.143. The molecule has 0 saturated carbocycles. The number of hydrogen-bond acceptors (Lipinski definition) is 1. The van der Waals surface area contributed by atoms with E-state index in [9.17, 15) is 13.2 Å². The molecular weight excluding hydrogens is 241 g/mol. The molecule has 0 spiro atoms. The maximum Gasteiger partial charge on any atom is 0.266 e. The highest BCUT2D eigenvalue weighted by Gasteiger charge is 2.16. The lowest BCUT2D eigenvalue weighted by atomic mass is 10.0. The summed E-state index contributed by atoms with van der Waals surface area (Å²) in [6.07, 6.45) is -2.83. The van der Waals surface area contributed by atoms with Gasteiger partial charge in [-0.1, -0.05) is 42.5 Å². The summed E-state index contributed by atoms with van der Waals surface area (Å²) in [7, 11) is 0. The van der Waals surface area contributed by atoms with Crippen LogP contribution in [0.5, 0.6) is 0 Å². The first-order valence-electron chi connectivity index (χ1n) is 5.40. The van der Waals surface area contributed by atoms with Crippen LogP contribution in [0.25, 0.3) is 11.1 Å². The van der Waals surface area contributed by atoms with Crippen molar-refractivity contribution in [1.29, 1.82) is 0 Å². The Labute approximate surface area is 103 Å². The molecule has 1 N–H and O–H groups in total. The van der Waals surface area contributed by atoms with E-state index in [0.717, 1.165) is 6.07 Å². The second-order valence-corrected chi connectivity index (χ2v) is 3.86. The Bertz CT molecular complexity index is 535. The van der Waals surface area contributed by atoms with Crippen LogP contribution in [0.4, 0.5) is 13.2 Å². The van der Waals surface area contributed by atoms with Crippen LogP contribution < -0.4 is 0 Å². The molecule has 0 radical (unpaired) electrons. The van der Waals surface area contributed by atoms with E-state index in [4.69, 9.17) is 5.11 Å². The van der Waals surface area contributed by atoms with Gasteiger partial charge in [0.2, 0.25) is 0 Å². The summed E-state index contributed by atoms with van der Waals surface area (Å²) >= 11 is 0. The highest BCUT2D eigenvalue weighted by atomic mass is 19.3. The number of benzene rings is 2. The maximum absolute atomic E-state index is 13.9. The quantitative estimate of drug-likeness (QED) is 0.877. The molecule has 0 aliphatic carbocycles. The van der Waals surface area contributed by atoms with Crippen LogP contribution in [-0.2, 0) is 6.61 Å². The Kier molecular flexibility index (Phi) is 3.67. The van der Waals surface area contributed by atoms with E-state index in [1.54, 1.807) is 24.3 Å². The largest absolute Gasteiger partial charge is 0.392 e. The van der Waals surface area contributed by atoms with Crippen molar-refractivity contribution >= 4 is 0 Å². The zero-order chi connectivity index (χ0) is 13.1. The van der Waals surface area contributed by atoms with Crippen LogP contribution in [-0.4, -0.2) is 5.11 Å². The number of halogens is 3. The second-order valence-electron chi connectivity index (χ2n) is 3.86. The number of aliphatic hydroxyl groups is 1. The molecule has 2 aromatic rings. The summed E-state index contributed by atoms with van der Waals surface area (Å²) in [5, 5.41) is 8.90. The zero-order valence-corrected chi connectivity index (χ0v) is 9.41. The number of hydrogen-bond donors (Lipinski definition) is 1. The average Bonchev–Trinajstić information content (AvgIpc) is 2.39. The first kappa shape index (κ1) is 12.6. The van der Waals surface area contributed by atoms with E-state index < -0.39 is 17.8 Å². The molecule has 0 aromatic heterocycles. The third-order valence-electron chi connectivity index (χ3n) is 2.71. The van der Waals surface area contributed by atoms with Crippen molar-refractivity contribution in [3.63, 3.8) is 0 Å². The van der Waals surface area contributed by atoms with Crippen LogP contribution in [0, 0.1) is 5.82 Å². The van der Waals surface area contributed by atoms with E-state index in [0.29, 0.717) is 11.1 Å². The molecule has 0 aliphatic rings. The molecule has 4 heteroatoms. The molecule has 18 heavy (non-hydrogen) atoms. The number of alkyl halides is 2. The molecule has 2 aromatic carbocycles. The summed E-state index contributed by atoms with van der Waals surface area (Å²) in [4.78, 5) is 0. The van der Waals surface area contributed by atoms with Crippen molar-refractivity contribution in [1.82, 2.24) is 0 Å². The summed E-state index contributed by atoms with van der Waals surface area (Å²) in [6, 6.07) is 10.4. The molecule has 1 nitrogen and oxygen atoms in total. The minimum atomic E-state index is -2.83. The van der Waals surface area contributed by atoms with E-state index in [-0.39, 0.29) is 12.2 Å². The molecular formula is C14H11F3O. The third kappa shape index (κ3) is 2.38. The summed E-state index contributed by atoms with van der Waals surface area (Å²) in [5.41, 5.74) is 0.729. The van der Waals surface area contributed by atoms with Crippen LogP contribution >= 0.6 is 0 Å². The van der Waals surface area contributed by atoms with Gasteiger partial charge in [0.25, 0.3) is 6.43 Å². The fourth-order valence-corrected chi connectivity index (χ4v) is 1.73. The molecule has 0 heterocycles. The molecule has 2 rings (SSSR count). The van der Waals surface area contributed by atoms with Crippen molar-refractivity contribution in [3.05, 3.63) is 59.4 Å². The maximum atomic E-state index is 13.9. The smallest absolute Gasteiger partial charge is 0.266 e. The zero-order valence-electron chi connectivity index (χ0n) is 9.41. The van der Waals surface area contributed by atoms with Gasteiger partial charge in [0.05, 0.1) is 12.2 Å². The van der Waals surface area contributed by atoms with Gasteiger partial charge in [-0.05, 0) is 11.1 Å². The molecule has 0 bridgehead atoms. The molecule has 94 valence electrons. The monoisotopic (exact) mass is 252 g/mol. The van der Waals surface area contributed by atoms with E-state index in [2.05, 4.69) is 0 Å². The molecule has 0 atom stereocenters. The Morgan fingerprint density at radius 3 is 2.22 bits per heavy atom. The summed E-state index contributed by atoms with van der Waals surface area (Å²) in [5.74, 6) is -0.899. The fourth-order valence-electron chi connectivity index (χ4n) is 1.73. The summed E-state index contributed by atoms with van der Waals surface area (Å²) in [6.45, 7) is -0.111. The highest BCUT2D eigenvalue weighted by Crippen LogP contribution is 2.30. The molecule has 0 saturated heterocycles. The molecule has 0 amide bonds. The van der Waals surface area contributed by atoms with Crippen molar-refractivity contribution < 1.29 is 18.3 Å². The van der Waals surface area contributed by atoms with Crippen LogP contribution in [0.1, 0.15) is 17.6 Å². The molecule has 0 unspecified atom stereocenters. The van der Waals surface area contributed by atoms with Crippen molar-refractivity contribution in [3.8, 4) is 11.1 Å². The first-order valence-corrected chi connectivity index (χ1v) is 5.40. The third-order valence-corrected chi connectivity index (χ3v) is 2.71. The van der Waals surface area contributed by atoms with Crippen molar-refractivity contribution in [2.75, 3.05) is 0 Å². The predicted molar refractivity (Wildman–Crippen MR) is 62.7 cm³/mol. The Hall–Kier alpha value is -1.81. The van der Waals surface area contributed by atoms with Gasteiger partial charge < -0.3 is 5.11 Å². The normalized spacial score (nSPS) is 10.9. The Balaban J connectivity index is 2.46. The van der Waals surface area contributed by atoms with Gasteiger partial charge >= 0.3 is 0 Å². The topological polar surface area (TPSA) is 20.2 Å². The van der Waals surface area contributed by atoms with Gasteiger partial charge in [0.1, 0.15) is 5.82 Å². The standard InChI is InChI=1S/C14H11F3O/c15-13-11(2-1-3-12(13)14(16)17)10-6-4-9(8-18)5-7-10/h1-7,14,18H,8H2. The van der Waals surface area contributed by atoms with E-state index >= 15 is 0 Å². The molecule has 0 fully saturated rings. The van der Waals surface area contributed by atoms with Gasteiger partial charge in [-0.15, -0.1) is 0 Å². The van der Waals surface area contributed by atoms with Gasteiger partial charge in [-0.3, -0.25) is 0 Å². The first-order chi connectivity index (χ1) is 8.63. The van der Waals surface area contributed by atoms with Crippen LogP contribution in [0.2, 0.25) is 0 Å². The van der Waals surface area contributed by atoms with Gasteiger partial charge in [0, 0.05) is 5.56 Å².